The first-order valence-electron chi connectivity index (χ1n) is 7.73. The highest BCUT2D eigenvalue weighted by Crippen LogP contribution is 2.32. The molecule has 0 spiro atoms. The van der Waals surface area contributed by atoms with Crippen molar-refractivity contribution < 1.29 is 4.79 Å². The Hall–Kier alpha value is -2.90. The van der Waals surface area contributed by atoms with Gasteiger partial charge in [0.1, 0.15) is 5.69 Å². The first-order valence-corrected chi connectivity index (χ1v) is 8.93. The number of nitrogens with zero attached hydrogens (tertiary/aromatic N) is 5. The molecule has 6 nitrogen and oxygen atoms in total. The van der Waals surface area contributed by atoms with Crippen molar-refractivity contribution in [1.82, 2.24) is 19.9 Å². The molecule has 0 atom stereocenters. The number of rotatable bonds is 4. The number of anilines is 1. The van der Waals surface area contributed by atoms with E-state index in [9.17, 15) is 4.79 Å². The summed E-state index contributed by atoms with van der Waals surface area (Å²) in [5.74, 6) is -0.271. The lowest BCUT2D eigenvalue weighted by atomic mass is 10.2. The first kappa shape index (κ1) is 16.6. The van der Waals surface area contributed by atoms with Gasteiger partial charge in [-0.25, -0.2) is 9.97 Å². The molecule has 3 aromatic heterocycles. The van der Waals surface area contributed by atoms with Gasteiger partial charge in [0.25, 0.3) is 5.91 Å². The highest BCUT2D eigenvalue weighted by molar-refractivity contribution is 7.22. The summed E-state index contributed by atoms with van der Waals surface area (Å²) in [6.45, 7) is 0.330. The number of thiazole rings is 1. The highest BCUT2D eigenvalue weighted by atomic mass is 35.5. The Kier molecular flexibility index (Phi) is 4.55. The second-order valence-corrected chi connectivity index (χ2v) is 6.90. The third-order valence-corrected chi connectivity index (χ3v) is 4.94. The number of halogens is 1. The number of hydrogen-bond donors (Lipinski definition) is 0. The average Bonchev–Trinajstić information content (AvgIpc) is 3.10. The second-order valence-electron chi connectivity index (χ2n) is 5.45. The Morgan fingerprint density at radius 3 is 2.77 bits per heavy atom. The molecule has 0 fully saturated rings. The van der Waals surface area contributed by atoms with Gasteiger partial charge in [0, 0.05) is 29.8 Å². The second kappa shape index (κ2) is 7.15. The smallest absolute Gasteiger partial charge is 0.278 e. The van der Waals surface area contributed by atoms with Crippen LogP contribution in [0.5, 0.6) is 0 Å². The van der Waals surface area contributed by atoms with Crippen LogP contribution in [0.3, 0.4) is 0 Å². The fourth-order valence-corrected chi connectivity index (χ4v) is 3.69. The van der Waals surface area contributed by atoms with E-state index in [1.54, 1.807) is 23.4 Å². The van der Waals surface area contributed by atoms with Crippen LogP contribution in [0.2, 0.25) is 5.02 Å². The van der Waals surface area contributed by atoms with E-state index in [1.165, 1.54) is 29.9 Å². The van der Waals surface area contributed by atoms with Crippen LogP contribution in [0, 0.1) is 0 Å². The Labute approximate surface area is 158 Å². The van der Waals surface area contributed by atoms with Crippen molar-refractivity contribution in [3.63, 3.8) is 0 Å². The molecule has 0 radical (unpaired) electrons. The Bertz CT molecular complexity index is 1060. The molecule has 0 aliphatic carbocycles. The minimum absolute atomic E-state index is 0.258. The van der Waals surface area contributed by atoms with Crippen molar-refractivity contribution >= 4 is 44.2 Å². The summed E-state index contributed by atoms with van der Waals surface area (Å²) in [6, 6.07) is 9.20. The van der Waals surface area contributed by atoms with Gasteiger partial charge in [-0.05, 0) is 29.8 Å². The number of benzene rings is 1. The fourth-order valence-electron chi connectivity index (χ4n) is 2.45. The number of carbonyl (C=O) groups excluding carboxylic acids is 1. The van der Waals surface area contributed by atoms with Crippen LogP contribution in [0.1, 0.15) is 16.1 Å². The molecule has 26 heavy (non-hydrogen) atoms. The SMILES string of the molecule is O=C(c1cnccn1)N(Cc1cccnc1)c1nc2ccc(Cl)cc2s1. The number of fused-ring (bicyclic) bond motifs is 1. The predicted molar refractivity (Wildman–Crippen MR) is 101 cm³/mol. The van der Waals surface area contributed by atoms with E-state index in [0.29, 0.717) is 16.7 Å². The summed E-state index contributed by atoms with van der Waals surface area (Å²) >= 11 is 7.47. The number of amides is 1. The molecule has 128 valence electrons. The van der Waals surface area contributed by atoms with Crippen LogP contribution in [-0.2, 0) is 6.54 Å². The third-order valence-electron chi connectivity index (χ3n) is 3.66. The monoisotopic (exact) mass is 381 g/mol. The molecule has 1 aromatic carbocycles. The van der Waals surface area contributed by atoms with Gasteiger partial charge >= 0.3 is 0 Å². The van der Waals surface area contributed by atoms with E-state index in [0.717, 1.165) is 15.8 Å². The first-order chi connectivity index (χ1) is 12.7. The van der Waals surface area contributed by atoms with Crippen LogP contribution in [0.15, 0.2) is 61.3 Å². The molecule has 0 aliphatic heterocycles. The van der Waals surface area contributed by atoms with Gasteiger partial charge in [-0.3, -0.25) is 19.7 Å². The molecule has 0 aliphatic rings. The number of pyridine rings is 1. The zero-order chi connectivity index (χ0) is 17.9. The van der Waals surface area contributed by atoms with E-state index < -0.39 is 0 Å². The maximum absolute atomic E-state index is 13.0. The quantitative estimate of drug-likeness (QED) is 0.534. The Morgan fingerprint density at radius 1 is 1.12 bits per heavy atom. The maximum atomic E-state index is 13.0. The van der Waals surface area contributed by atoms with Gasteiger partial charge in [-0.1, -0.05) is 29.0 Å². The molecule has 0 saturated heterocycles. The molecular weight excluding hydrogens is 370 g/mol. The molecule has 3 heterocycles. The predicted octanol–water partition coefficient (Wildman–Crippen LogP) is 3.98. The van der Waals surface area contributed by atoms with Crippen LogP contribution >= 0.6 is 22.9 Å². The van der Waals surface area contributed by atoms with Gasteiger partial charge in [-0.2, -0.15) is 0 Å². The highest BCUT2D eigenvalue weighted by Gasteiger charge is 2.23. The molecule has 1 amide bonds. The van der Waals surface area contributed by atoms with Crippen molar-refractivity contribution in [2.75, 3.05) is 4.90 Å². The summed E-state index contributed by atoms with van der Waals surface area (Å²) in [5, 5.41) is 1.20. The summed E-state index contributed by atoms with van der Waals surface area (Å²) in [6.07, 6.45) is 7.89. The van der Waals surface area contributed by atoms with Gasteiger partial charge in [0.15, 0.2) is 5.13 Å². The largest absolute Gasteiger partial charge is 0.280 e. The van der Waals surface area contributed by atoms with Crippen molar-refractivity contribution in [3.8, 4) is 0 Å². The third kappa shape index (κ3) is 3.40. The van der Waals surface area contributed by atoms with E-state index in [4.69, 9.17) is 11.6 Å². The van der Waals surface area contributed by atoms with Gasteiger partial charge in [0.2, 0.25) is 0 Å². The fraction of sp³-hybridized carbons (Fsp3) is 0.0556. The normalized spacial score (nSPS) is 10.8. The lowest BCUT2D eigenvalue weighted by Crippen LogP contribution is -2.31. The number of carbonyl (C=O) groups is 1. The topological polar surface area (TPSA) is 71.9 Å². The number of hydrogen-bond acceptors (Lipinski definition) is 6. The minimum atomic E-state index is -0.271. The summed E-state index contributed by atoms with van der Waals surface area (Å²) < 4.78 is 0.913. The molecule has 4 rings (SSSR count). The van der Waals surface area contributed by atoms with Crippen molar-refractivity contribution in [2.45, 2.75) is 6.54 Å². The zero-order valence-electron chi connectivity index (χ0n) is 13.4. The molecule has 0 N–H and O–H groups in total. The molecule has 8 heteroatoms. The van der Waals surface area contributed by atoms with E-state index in [-0.39, 0.29) is 11.6 Å². The van der Waals surface area contributed by atoms with Crippen LogP contribution < -0.4 is 4.90 Å². The lowest BCUT2D eigenvalue weighted by molar-refractivity contribution is 0.0980. The Morgan fingerprint density at radius 2 is 2.00 bits per heavy atom. The van der Waals surface area contributed by atoms with E-state index in [1.807, 2.05) is 24.3 Å². The maximum Gasteiger partial charge on any atom is 0.280 e. The Balaban J connectivity index is 1.77. The van der Waals surface area contributed by atoms with Crippen molar-refractivity contribution in [3.05, 3.63) is 77.6 Å². The molecule has 0 bridgehead atoms. The van der Waals surface area contributed by atoms with Crippen LogP contribution in [0.25, 0.3) is 10.2 Å². The van der Waals surface area contributed by atoms with Gasteiger partial charge in [0.05, 0.1) is 23.0 Å². The van der Waals surface area contributed by atoms with Crippen LogP contribution in [0.4, 0.5) is 5.13 Å². The van der Waals surface area contributed by atoms with Gasteiger partial charge < -0.3 is 0 Å². The molecular formula is C18H12ClN5OS. The standard InChI is InChI=1S/C18H12ClN5OS/c19-13-3-4-14-16(8-13)26-18(23-14)24(11-12-2-1-5-20-9-12)17(25)15-10-21-6-7-22-15/h1-10H,11H2. The summed E-state index contributed by atoms with van der Waals surface area (Å²) in [4.78, 5) is 31.4. The lowest BCUT2D eigenvalue weighted by Gasteiger charge is -2.19. The molecule has 0 saturated carbocycles. The zero-order valence-corrected chi connectivity index (χ0v) is 15.0. The summed E-state index contributed by atoms with van der Waals surface area (Å²) in [5.41, 5.74) is 1.94. The average molecular weight is 382 g/mol. The van der Waals surface area contributed by atoms with Crippen molar-refractivity contribution in [1.29, 1.82) is 0 Å². The number of aromatic nitrogens is 4. The molecule has 4 aromatic rings. The molecule has 0 unspecified atom stereocenters. The van der Waals surface area contributed by atoms with E-state index in [2.05, 4.69) is 19.9 Å². The minimum Gasteiger partial charge on any atom is -0.278 e. The summed E-state index contributed by atoms with van der Waals surface area (Å²) in [7, 11) is 0. The van der Waals surface area contributed by atoms with E-state index >= 15 is 0 Å². The van der Waals surface area contributed by atoms with Crippen LogP contribution in [-0.4, -0.2) is 25.8 Å². The van der Waals surface area contributed by atoms with Crippen molar-refractivity contribution in [2.24, 2.45) is 0 Å². The van der Waals surface area contributed by atoms with Gasteiger partial charge in [-0.15, -0.1) is 0 Å².